The van der Waals surface area contributed by atoms with E-state index < -0.39 is 6.04 Å². The van der Waals surface area contributed by atoms with E-state index in [9.17, 15) is 9.59 Å². The molecule has 142 valence electrons. The zero-order valence-corrected chi connectivity index (χ0v) is 15.7. The largest absolute Gasteiger partial charge is 0.493 e. The molecule has 26 heavy (non-hydrogen) atoms. The average Bonchev–Trinajstić information content (AvgIpc) is 3.06. The van der Waals surface area contributed by atoms with Gasteiger partial charge in [0.15, 0.2) is 11.5 Å². The zero-order valence-electron chi connectivity index (χ0n) is 15.7. The van der Waals surface area contributed by atoms with Gasteiger partial charge in [-0.15, -0.1) is 0 Å². The predicted octanol–water partition coefficient (Wildman–Crippen LogP) is 2.58. The number of ether oxygens (including phenoxy) is 3. The number of nitrogens with zero attached hydrogens (tertiary/aromatic N) is 1. The van der Waals surface area contributed by atoms with Gasteiger partial charge in [0.2, 0.25) is 5.91 Å². The lowest BCUT2D eigenvalue weighted by Gasteiger charge is -2.33. The van der Waals surface area contributed by atoms with Crippen molar-refractivity contribution in [2.45, 2.75) is 50.6 Å². The van der Waals surface area contributed by atoms with Crippen LogP contribution in [0, 0.1) is 5.92 Å². The molecular formula is C20H27NO5. The number of rotatable bonds is 5. The molecule has 2 aliphatic rings. The second-order valence-electron chi connectivity index (χ2n) is 7.05. The molecule has 1 aromatic rings. The third kappa shape index (κ3) is 3.50. The SMILES string of the molecule is COC(=O)[C@@H]1C[C@H]2CCCC[C@@H]2N1C(=O)Cc1ccc(OC)c(OC)c1. The van der Waals surface area contributed by atoms with E-state index in [4.69, 9.17) is 14.2 Å². The molecule has 2 fully saturated rings. The molecule has 1 aliphatic carbocycles. The summed E-state index contributed by atoms with van der Waals surface area (Å²) in [6, 6.07) is 5.17. The first kappa shape index (κ1) is 18.5. The fourth-order valence-electron chi connectivity index (χ4n) is 4.42. The third-order valence-corrected chi connectivity index (χ3v) is 5.65. The number of esters is 1. The molecule has 1 saturated carbocycles. The van der Waals surface area contributed by atoms with Crippen molar-refractivity contribution in [1.82, 2.24) is 4.90 Å². The molecule has 1 aliphatic heterocycles. The highest BCUT2D eigenvalue weighted by atomic mass is 16.5. The minimum atomic E-state index is -0.458. The molecule has 6 heteroatoms. The number of hydrogen-bond acceptors (Lipinski definition) is 5. The first-order valence-electron chi connectivity index (χ1n) is 9.19. The molecule has 1 heterocycles. The number of hydrogen-bond donors (Lipinski definition) is 0. The van der Waals surface area contributed by atoms with Crippen LogP contribution < -0.4 is 9.47 Å². The molecule has 0 unspecified atom stereocenters. The van der Waals surface area contributed by atoms with Crippen molar-refractivity contribution >= 4 is 11.9 Å². The van der Waals surface area contributed by atoms with Crippen molar-refractivity contribution in [3.8, 4) is 11.5 Å². The van der Waals surface area contributed by atoms with Gasteiger partial charge < -0.3 is 19.1 Å². The molecule has 0 aromatic heterocycles. The Hall–Kier alpha value is -2.24. The zero-order chi connectivity index (χ0) is 18.7. The lowest BCUT2D eigenvalue weighted by Crippen LogP contribution is -2.47. The van der Waals surface area contributed by atoms with Gasteiger partial charge in [0.05, 0.1) is 27.8 Å². The van der Waals surface area contributed by atoms with Gasteiger partial charge in [-0.2, -0.15) is 0 Å². The van der Waals surface area contributed by atoms with Gasteiger partial charge in [-0.1, -0.05) is 18.9 Å². The summed E-state index contributed by atoms with van der Waals surface area (Å²) in [5.41, 5.74) is 0.843. The Balaban J connectivity index is 1.81. The molecule has 3 rings (SSSR count). The summed E-state index contributed by atoms with van der Waals surface area (Å²) in [6.07, 6.45) is 5.28. The standard InChI is InChI=1S/C20H27NO5/c1-24-17-9-8-13(10-18(17)25-2)11-19(22)21-15-7-5-4-6-14(15)12-16(21)20(23)26-3/h8-10,14-16H,4-7,11-12H2,1-3H3/t14-,15+,16+/m1/s1. The van der Waals surface area contributed by atoms with Crippen LogP contribution in [0.15, 0.2) is 18.2 Å². The van der Waals surface area contributed by atoms with Crippen molar-refractivity contribution in [1.29, 1.82) is 0 Å². The fourth-order valence-corrected chi connectivity index (χ4v) is 4.42. The Bertz CT molecular complexity index is 674. The van der Waals surface area contributed by atoms with Gasteiger partial charge in [0.25, 0.3) is 0 Å². The quantitative estimate of drug-likeness (QED) is 0.754. The van der Waals surface area contributed by atoms with Crippen molar-refractivity contribution in [3.05, 3.63) is 23.8 Å². The minimum Gasteiger partial charge on any atom is -0.493 e. The van der Waals surface area contributed by atoms with Gasteiger partial charge >= 0.3 is 5.97 Å². The van der Waals surface area contributed by atoms with E-state index in [1.807, 2.05) is 12.1 Å². The molecule has 0 spiro atoms. The predicted molar refractivity (Wildman–Crippen MR) is 96.3 cm³/mol. The second kappa shape index (κ2) is 7.98. The molecule has 1 saturated heterocycles. The number of likely N-dealkylation sites (tertiary alicyclic amines) is 1. The maximum absolute atomic E-state index is 13.1. The summed E-state index contributed by atoms with van der Waals surface area (Å²) in [7, 11) is 4.54. The Labute approximate surface area is 154 Å². The monoisotopic (exact) mass is 361 g/mol. The van der Waals surface area contributed by atoms with E-state index in [1.54, 1.807) is 25.2 Å². The van der Waals surface area contributed by atoms with Crippen LogP contribution in [0.2, 0.25) is 0 Å². The number of carbonyl (C=O) groups excluding carboxylic acids is 2. The van der Waals surface area contributed by atoms with Crippen LogP contribution in [-0.4, -0.2) is 50.2 Å². The maximum atomic E-state index is 13.1. The number of methoxy groups -OCH3 is 3. The summed E-state index contributed by atoms with van der Waals surface area (Å²) in [5.74, 6) is 1.30. The molecule has 3 atom stereocenters. The first-order chi connectivity index (χ1) is 12.6. The molecule has 0 bridgehead atoms. The molecule has 0 radical (unpaired) electrons. The van der Waals surface area contributed by atoms with Crippen LogP contribution in [0.25, 0.3) is 0 Å². The molecule has 6 nitrogen and oxygen atoms in total. The fraction of sp³-hybridized carbons (Fsp3) is 0.600. The van der Waals surface area contributed by atoms with E-state index in [2.05, 4.69) is 0 Å². The molecule has 1 amide bonds. The van der Waals surface area contributed by atoms with Crippen LogP contribution in [0.4, 0.5) is 0 Å². The van der Waals surface area contributed by atoms with Crippen LogP contribution in [0.3, 0.4) is 0 Å². The normalized spacial score (nSPS) is 24.7. The van der Waals surface area contributed by atoms with Crippen molar-refractivity contribution in [2.24, 2.45) is 5.92 Å². The summed E-state index contributed by atoms with van der Waals surface area (Å²) in [4.78, 5) is 27.2. The van der Waals surface area contributed by atoms with E-state index in [0.717, 1.165) is 31.2 Å². The van der Waals surface area contributed by atoms with Crippen LogP contribution in [0.5, 0.6) is 11.5 Å². The number of carbonyl (C=O) groups is 2. The molecule has 1 aromatic carbocycles. The number of amides is 1. The van der Waals surface area contributed by atoms with Crippen LogP contribution in [-0.2, 0) is 20.7 Å². The topological polar surface area (TPSA) is 65.1 Å². The summed E-state index contributed by atoms with van der Waals surface area (Å²) in [6.45, 7) is 0. The van der Waals surface area contributed by atoms with Gasteiger partial charge in [-0.05, 0) is 42.9 Å². The average molecular weight is 361 g/mol. The van der Waals surface area contributed by atoms with Gasteiger partial charge in [0, 0.05) is 6.04 Å². The van der Waals surface area contributed by atoms with E-state index in [-0.39, 0.29) is 24.3 Å². The van der Waals surface area contributed by atoms with Crippen molar-refractivity contribution in [2.75, 3.05) is 21.3 Å². The summed E-state index contributed by atoms with van der Waals surface area (Å²) < 4.78 is 15.5. The Morgan fingerprint density at radius 2 is 1.81 bits per heavy atom. The first-order valence-corrected chi connectivity index (χ1v) is 9.19. The number of benzene rings is 1. The minimum absolute atomic E-state index is 0.0259. The van der Waals surface area contributed by atoms with Crippen LogP contribution in [0.1, 0.15) is 37.7 Å². The lowest BCUT2D eigenvalue weighted by molar-refractivity contribution is -0.152. The molecular weight excluding hydrogens is 334 g/mol. The lowest BCUT2D eigenvalue weighted by atomic mass is 9.84. The summed E-state index contributed by atoms with van der Waals surface area (Å²) >= 11 is 0. The van der Waals surface area contributed by atoms with Crippen LogP contribution >= 0.6 is 0 Å². The summed E-state index contributed by atoms with van der Waals surface area (Å²) in [5, 5.41) is 0. The highest BCUT2D eigenvalue weighted by molar-refractivity contribution is 5.87. The van der Waals surface area contributed by atoms with E-state index >= 15 is 0 Å². The Morgan fingerprint density at radius 1 is 1.08 bits per heavy atom. The van der Waals surface area contributed by atoms with Gasteiger partial charge in [-0.3, -0.25) is 4.79 Å². The Morgan fingerprint density at radius 3 is 2.50 bits per heavy atom. The van der Waals surface area contributed by atoms with Crippen molar-refractivity contribution in [3.63, 3.8) is 0 Å². The Kier molecular flexibility index (Phi) is 5.69. The highest BCUT2D eigenvalue weighted by Crippen LogP contribution is 2.40. The smallest absolute Gasteiger partial charge is 0.328 e. The highest BCUT2D eigenvalue weighted by Gasteiger charge is 2.47. The maximum Gasteiger partial charge on any atom is 0.328 e. The third-order valence-electron chi connectivity index (χ3n) is 5.65. The van der Waals surface area contributed by atoms with E-state index in [1.165, 1.54) is 13.5 Å². The van der Waals surface area contributed by atoms with Gasteiger partial charge in [-0.25, -0.2) is 4.79 Å². The molecule has 0 N–H and O–H groups in total. The van der Waals surface area contributed by atoms with E-state index in [0.29, 0.717) is 17.4 Å². The number of fused-ring (bicyclic) bond motifs is 1. The second-order valence-corrected chi connectivity index (χ2v) is 7.05. The van der Waals surface area contributed by atoms with Gasteiger partial charge in [0.1, 0.15) is 6.04 Å². The van der Waals surface area contributed by atoms with Crippen molar-refractivity contribution < 1.29 is 23.8 Å².